The highest BCUT2D eigenvalue weighted by molar-refractivity contribution is 6.32. The zero-order valence-electron chi connectivity index (χ0n) is 16.3. The van der Waals surface area contributed by atoms with Gasteiger partial charge in [0.2, 0.25) is 0 Å². The SMILES string of the molecule is CCOc1c(Cl)cc(C(=O)O[C@H](C)C(=O)N[C@@H]2CCCC[C@@H]2C)cc1OC. The zero-order chi connectivity index (χ0) is 20.0. The molecule has 7 heteroatoms. The predicted octanol–water partition coefficient (Wildman–Crippen LogP) is 3.99. The number of nitrogens with one attached hydrogen (secondary N) is 1. The van der Waals surface area contributed by atoms with E-state index in [1.54, 1.807) is 6.92 Å². The smallest absolute Gasteiger partial charge is 0.339 e. The highest BCUT2D eigenvalue weighted by atomic mass is 35.5. The Morgan fingerprint density at radius 3 is 2.63 bits per heavy atom. The summed E-state index contributed by atoms with van der Waals surface area (Å²) in [5.74, 6) is 0.211. The van der Waals surface area contributed by atoms with Crippen LogP contribution in [0.15, 0.2) is 12.1 Å². The molecule has 27 heavy (non-hydrogen) atoms. The first-order valence-electron chi connectivity index (χ1n) is 9.39. The molecule has 0 bridgehead atoms. The summed E-state index contributed by atoms with van der Waals surface area (Å²) in [6, 6.07) is 3.07. The number of ether oxygens (including phenoxy) is 3. The quantitative estimate of drug-likeness (QED) is 0.704. The molecule has 0 saturated heterocycles. The fraction of sp³-hybridized carbons (Fsp3) is 0.600. The lowest BCUT2D eigenvalue weighted by Crippen LogP contribution is -2.45. The number of amides is 1. The van der Waals surface area contributed by atoms with Crippen LogP contribution in [-0.4, -0.2) is 37.7 Å². The van der Waals surface area contributed by atoms with Crippen molar-refractivity contribution in [2.45, 2.75) is 58.6 Å². The third kappa shape index (κ3) is 5.51. The van der Waals surface area contributed by atoms with E-state index in [4.69, 9.17) is 25.8 Å². The highest BCUT2D eigenvalue weighted by Gasteiger charge is 2.27. The Balaban J connectivity index is 2.03. The number of methoxy groups -OCH3 is 1. The van der Waals surface area contributed by atoms with Crippen LogP contribution < -0.4 is 14.8 Å². The minimum Gasteiger partial charge on any atom is -0.493 e. The molecule has 1 aliphatic rings. The molecule has 0 spiro atoms. The van der Waals surface area contributed by atoms with Crippen molar-refractivity contribution in [1.29, 1.82) is 0 Å². The second-order valence-corrected chi connectivity index (χ2v) is 7.25. The molecule has 1 N–H and O–H groups in total. The number of halogens is 1. The van der Waals surface area contributed by atoms with Gasteiger partial charge in [0.15, 0.2) is 17.6 Å². The van der Waals surface area contributed by atoms with Crippen molar-refractivity contribution in [3.05, 3.63) is 22.7 Å². The lowest BCUT2D eigenvalue weighted by atomic mass is 9.86. The molecule has 0 radical (unpaired) electrons. The summed E-state index contributed by atoms with van der Waals surface area (Å²) in [7, 11) is 1.46. The maximum atomic E-state index is 12.4. The van der Waals surface area contributed by atoms with Crippen molar-refractivity contribution in [2.24, 2.45) is 5.92 Å². The van der Waals surface area contributed by atoms with Gasteiger partial charge < -0.3 is 19.5 Å². The third-order valence-corrected chi connectivity index (χ3v) is 5.13. The molecule has 1 aromatic rings. The Kier molecular flexibility index (Phi) is 7.78. The molecule has 2 rings (SSSR count). The van der Waals surface area contributed by atoms with E-state index in [0.717, 1.165) is 19.3 Å². The molecule has 1 aliphatic carbocycles. The number of esters is 1. The summed E-state index contributed by atoms with van der Waals surface area (Å²) < 4.78 is 16.0. The zero-order valence-corrected chi connectivity index (χ0v) is 17.1. The summed E-state index contributed by atoms with van der Waals surface area (Å²) in [5, 5.41) is 3.24. The predicted molar refractivity (Wildman–Crippen MR) is 104 cm³/mol. The topological polar surface area (TPSA) is 73.9 Å². The molecule has 0 heterocycles. The number of rotatable bonds is 7. The highest BCUT2D eigenvalue weighted by Crippen LogP contribution is 2.36. The molecule has 1 amide bonds. The molecular formula is C20H28ClNO5. The largest absolute Gasteiger partial charge is 0.493 e. The Morgan fingerprint density at radius 2 is 2.00 bits per heavy atom. The van der Waals surface area contributed by atoms with Gasteiger partial charge in [-0.1, -0.05) is 31.4 Å². The van der Waals surface area contributed by atoms with Crippen LogP contribution in [0.25, 0.3) is 0 Å². The second kappa shape index (κ2) is 9.83. The molecule has 150 valence electrons. The van der Waals surface area contributed by atoms with E-state index in [1.165, 1.54) is 25.7 Å². The molecule has 0 aliphatic heterocycles. The number of hydrogen-bond donors (Lipinski definition) is 1. The van der Waals surface area contributed by atoms with Gasteiger partial charge in [-0.2, -0.15) is 0 Å². The first-order chi connectivity index (χ1) is 12.9. The standard InChI is InChI=1S/C20H28ClNO5/c1-5-26-18-15(21)10-14(11-17(18)25-4)20(24)27-13(3)19(23)22-16-9-7-6-8-12(16)2/h10-13,16H,5-9H2,1-4H3,(H,22,23)/t12-,13+,16+/m0/s1. The third-order valence-electron chi connectivity index (χ3n) is 4.85. The number of carbonyl (C=O) groups is 2. The van der Waals surface area contributed by atoms with E-state index in [9.17, 15) is 9.59 Å². The van der Waals surface area contributed by atoms with Crippen LogP contribution in [0.3, 0.4) is 0 Å². The van der Waals surface area contributed by atoms with E-state index in [1.807, 2.05) is 6.92 Å². The number of carbonyl (C=O) groups excluding carboxylic acids is 2. The number of hydrogen-bond acceptors (Lipinski definition) is 5. The van der Waals surface area contributed by atoms with Crippen molar-refractivity contribution in [3.63, 3.8) is 0 Å². The fourth-order valence-electron chi connectivity index (χ4n) is 3.23. The van der Waals surface area contributed by atoms with Crippen molar-refractivity contribution in [2.75, 3.05) is 13.7 Å². The first-order valence-corrected chi connectivity index (χ1v) is 9.76. The van der Waals surface area contributed by atoms with Gasteiger partial charge in [-0.15, -0.1) is 0 Å². The average molecular weight is 398 g/mol. The maximum Gasteiger partial charge on any atom is 0.339 e. The van der Waals surface area contributed by atoms with Crippen LogP contribution in [0.4, 0.5) is 0 Å². The van der Waals surface area contributed by atoms with Crippen LogP contribution in [0.5, 0.6) is 11.5 Å². The van der Waals surface area contributed by atoms with Gasteiger partial charge in [-0.25, -0.2) is 4.79 Å². The van der Waals surface area contributed by atoms with E-state index in [-0.39, 0.29) is 22.5 Å². The summed E-state index contributed by atoms with van der Waals surface area (Å²) >= 11 is 6.19. The fourth-order valence-corrected chi connectivity index (χ4v) is 3.50. The van der Waals surface area contributed by atoms with E-state index in [0.29, 0.717) is 24.0 Å². The lowest BCUT2D eigenvalue weighted by Gasteiger charge is -2.30. The molecule has 0 unspecified atom stereocenters. The van der Waals surface area contributed by atoms with Gasteiger partial charge in [0.05, 0.1) is 24.3 Å². The van der Waals surface area contributed by atoms with Crippen LogP contribution in [0.2, 0.25) is 5.02 Å². The monoisotopic (exact) mass is 397 g/mol. The van der Waals surface area contributed by atoms with Crippen molar-refractivity contribution < 1.29 is 23.8 Å². The Bertz CT molecular complexity index is 679. The van der Waals surface area contributed by atoms with E-state index >= 15 is 0 Å². The van der Waals surface area contributed by atoms with Gasteiger partial charge >= 0.3 is 5.97 Å². The average Bonchev–Trinajstić information content (AvgIpc) is 2.64. The Hall–Kier alpha value is -1.95. The van der Waals surface area contributed by atoms with Gasteiger partial charge in [0.1, 0.15) is 0 Å². The molecule has 1 aromatic carbocycles. The molecule has 3 atom stereocenters. The second-order valence-electron chi connectivity index (χ2n) is 6.85. The number of benzene rings is 1. The normalized spacial score (nSPS) is 20.5. The molecule has 6 nitrogen and oxygen atoms in total. The van der Waals surface area contributed by atoms with Gasteiger partial charge in [-0.3, -0.25) is 4.79 Å². The summed E-state index contributed by atoms with van der Waals surface area (Å²) in [6.45, 7) is 5.94. The molecule has 1 fully saturated rings. The Labute approximate surface area is 165 Å². The van der Waals surface area contributed by atoms with Crippen molar-refractivity contribution in [1.82, 2.24) is 5.32 Å². The van der Waals surface area contributed by atoms with Crippen LogP contribution in [-0.2, 0) is 9.53 Å². The van der Waals surface area contributed by atoms with Crippen molar-refractivity contribution >= 4 is 23.5 Å². The molecule has 1 saturated carbocycles. The Morgan fingerprint density at radius 1 is 1.30 bits per heavy atom. The minimum atomic E-state index is -0.900. The summed E-state index contributed by atoms with van der Waals surface area (Å²) in [4.78, 5) is 24.8. The van der Waals surface area contributed by atoms with Crippen LogP contribution in [0.1, 0.15) is 56.8 Å². The van der Waals surface area contributed by atoms with Crippen LogP contribution in [0, 0.1) is 5.92 Å². The van der Waals surface area contributed by atoms with Gasteiger partial charge in [0.25, 0.3) is 5.91 Å². The van der Waals surface area contributed by atoms with E-state index < -0.39 is 12.1 Å². The maximum absolute atomic E-state index is 12.4. The minimum absolute atomic E-state index is 0.132. The van der Waals surface area contributed by atoms with Gasteiger partial charge in [-0.05, 0) is 44.7 Å². The molecular weight excluding hydrogens is 370 g/mol. The summed E-state index contributed by atoms with van der Waals surface area (Å²) in [6.07, 6.45) is 3.46. The van der Waals surface area contributed by atoms with Gasteiger partial charge in [0, 0.05) is 6.04 Å². The van der Waals surface area contributed by atoms with E-state index in [2.05, 4.69) is 12.2 Å². The lowest BCUT2D eigenvalue weighted by molar-refractivity contribution is -0.130. The van der Waals surface area contributed by atoms with Crippen LogP contribution >= 0.6 is 11.6 Å². The first kappa shape index (κ1) is 21.4. The summed E-state index contributed by atoms with van der Waals surface area (Å²) in [5.41, 5.74) is 0.200. The molecule has 0 aromatic heterocycles. The van der Waals surface area contributed by atoms with Crippen molar-refractivity contribution in [3.8, 4) is 11.5 Å².